The summed E-state index contributed by atoms with van der Waals surface area (Å²) < 4.78 is 9.31. The van der Waals surface area contributed by atoms with Crippen LogP contribution in [0.25, 0.3) is 0 Å². The minimum absolute atomic E-state index is 0.0198. The summed E-state index contributed by atoms with van der Waals surface area (Å²) >= 11 is 0. The van der Waals surface area contributed by atoms with Crippen molar-refractivity contribution in [1.82, 2.24) is 0 Å². The summed E-state index contributed by atoms with van der Waals surface area (Å²) in [6.45, 7) is 1.38. The molecule has 0 unspecified atom stereocenters. The molecular formula is C17H20O4. The van der Waals surface area contributed by atoms with E-state index in [1.807, 2.05) is 6.07 Å². The zero-order valence-corrected chi connectivity index (χ0v) is 12.3. The van der Waals surface area contributed by atoms with Gasteiger partial charge in [0.25, 0.3) is 0 Å². The third-order valence-corrected chi connectivity index (χ3v) is 2.68. The van der Waals surface area contributed by atoms with Crippen molar-refractivity contribution < 1.29 is 19.4 Å². The zero-order valence-electron chi connectivity index (χ0n) is 12.3. The van der Waals surface area contributed by atoms with Crippen LogP contribution in [0.5, 0.6) is 5.75 Å². The molecular weight excluding hydrogens is 268 g/mol. The third kappa shape index (κ3) is 5.77. The minimum atomic E-state index is -0.159. The van der Waals surface area contributed by atoms with Gasteiger partial charge in [-0.15, -0.1) is 0 Å². The predicted molar refractivity (Wildman–Crippen MR) is 81.7 cm³/mol. The molecule has 0 spiro atoms. The van der Waals surface area contributed by atoms with Crippen LogP contribution in [0.2, 0.25) is 0 Å². The number of phenolic OH excluding ortho intramolecular Hbond substituents is 1. The maximum atomic E-state index is 11.9. The van der Waals surface area contributed by atoms with Gasteiger partial charge in [0, 0.05) is 19.8 Å². The Labute approximate surface area is 125 Å². The Morgan fingerprint density at radius 1 is 0.905 bits per heavy atom. The fraction of sp³-hybridized carbons (Fsp3) is 0.235. The van der Waals surface area contributed by atoms with Crippen LogP contribution < -0.4 is 0 Å². The molecule has 0 radical (unpaired) electrons. The van der Waals surface area contributed by atoms with E-state index in [1.54, 1.807) is 56.7 Å². The number of carbonyl (C=O) groups excluding carboxylic acids is 1. The normalized spacial score (nSPS) is 9.62. The van der Waals surface area contributed by atoms with E-state index < -0.39 is 0 Å². The minimum Gasteiger partial charge on any atom is -0.507 e. The Hall–Kier alpha value is -2.17. The van der Waals surface area contributed by atoms with E-state index in [1.165, 1.54) is 6.07 Å². The summed E-state index contributed by atoms with van der Waals surface area (Å²) in [6, 6.07) is 15.5. The van der Waals surface area contributed by atoms with Crippen molar-refractivity contribution in [3.63, 3.8) is 0 Å². The van der Waals surface area contributed by atoms with E-state index in [0.717, 1.165) is 0 Å². The Morgan fingerprint density at radius 2 is 1.43 bits per heavy atom. The van der Waals surface area contributed by atoms with Gasteiger partial charge in [0.1, 0.15) is 5.75 Å². The van der Waals surface area contributed by atoms with Gasteiger partial charge in [-0.1, -0.05) is 42.5 Å². The number of ketones is 1. The Balaban J connectivity index is 0.000000315. The number of aromatic hydroxyl groups is 1. The van der Waals surface area contributed by atoms with Crippen molar-refractivity contribution in [2.24, 2.45) is 0 Å². The fourth-order valence-electron chi connectivity index (χ4n) is 1.58. The molecule has 21 heavy (non-hydrogen) atoms. The van der Waals surface area contributed by atoms with Gasteiger partial charge in [0.05, 0.1) is 18.8 Å². The number of benzene rings is 2. The summed E-state index contributed by atoms with van der Waals surface area (Å²) in [5.74, 6) is -0.139. The molecule has 4 heteroatoms. The maximum Gasteiger partial charge on any atom is 0.196 e. The van der Waals surface area contributed by atoms with Crippen LogP contribution in [0, 0.1) is 0 Å². The first-order chi connectivity index (χ1) is 10.2. The van der Waals surface area contributed by atoms with Crippen LogP contribution in [0.4, 0.5) is 0 Å². The second kappa shape index (κ2) is 9.69. The molecule has 0 saturated heterocycles. The Morgan fingerprint density at radius 3 is 1.95 bits per heavy atom. The average Bonchev–Trinajstić information content (AvgIpc) is 2.54. The number of phenols is 1. The number of hydrogen-bond donors (Lipinski definition) is 1. The summed E-state index contributed by atoms with van der Waals surface area (Å²) in [5, 5.41) is 9.52. The van der Waals surface area contributed by atoms with Gasteiger partial charge >= 0.3 is 0 Å². The molecule has 0 fully saturated rings. The van der Waals surface area contributed by atoms with Gasteiger partial charge in [-0.05, 0) is 12.1 Å². The van der Waals surface area contributed by atoms with E-state index in [9.17, 15) is 9.90 Å². The predicted octanol–water partition coefficient (Wildman–Crippen LogP) is 2.90. The van der Waals surface area contributed by atoms with Gasteiger partial charge in [0.2, 0.25) is 0 Å². The van der Waals surface area contributed by atoms with Crippen molar-refractivity contribution in [2.45, 2.75) is 0 Å². The average molecular weight is 288 g/mol. The van der Waals surface area contributed by atoms with Crippen LogP contribution in [0.15, 0.2) is 54.6 Å². The Kier molecular flexibility index (Phi) is 7.79. The first-order valence-corrected chi connectivity index (χ1v) is 6.56. The molecule has 0 aliphatic heterocycles. The van der Waals surface area contributed by atoms with Crippen molar-refractivity contribution >= 4 is 5.78 Å². The molecule has 0 atom stereocenters. The maximum absolute atomic E-state index is 11.9. The molecule has 4 nitrogen and oxygen atoms in total. The van der Waals surface area contributed by atoms with Crippen LogP contribution in [0.1, 0.15) is 15.9 Å². The molecule has 2 rings (SSSR count). The Bertz CT molecular complexity index is 533. The van der Waals surface area contributed by atoms with Crippen molar-refractivity contribution in [2.75, 3.05) is 27.4 Å². The lowest BCUT2D eigenvalue weighted by Crippen LogP contribution is -2.00. The summed E-state index contributed by atoms with van der Waals surface area (Å²) in [7, 11) is 3.30. The molecule has 2 aromatic carbocycles. The van der Waals surface area contributed by atoms with Gasteiger partial charge in [-0.2, -0.15) is 0 Å². The van der Waals surface area contributed by atoms with Crippen molar-refractivity contribution in [3.05, 3.63) is 65.7 Å². The second-order valence-electron chi connectivity index (χ2n) is 4.20. The van der Waals surface area contributed by atoms with Gasteiger partial charge in [-0.3, -0.25) is 4.79 Å². The number of para-hydroxylation sites is 1. The highest BCUT2D eigenvalue weighted by molar-refractivity contribution is 6.10. The van der Waals surface area contributed by atoms with Crippen LogP contribution >= 0.6 is 0 Å². The number of methoxy groups -OCH3 is 2. The van der Waals surface area contributed by atoms with Gasteiger partial charge in [-0.25, -0.2) is 0 Å². The monoisotopic (exact) mass is 288 g/mol. The standard InChI is InChI=1S/C13H10O2.C4H10O2/c14-12-9-5-4-8-11(12)13(15)10-6-2-1-3-7-10;1-5-3-4-6-2/h1-9,14H;3-4H2,1-2H3. The van der Waals surface area contributed by atoms with Crippen LogP contribution in [-0.4, -0.2) is 38.3 Å². The topological polar surface area (TPSA) is 55.8 Å². The molecule has 1 N–H and O–H groups in total. The molecule has 0 aromatic heterocycles. The second-order valence-corrected chi connectivity index (χ2v) is 4.20. The smallest absolute Gasteiger partial charge is 0.196 e. The lowest BCUT2D eigenvalue weighted by molar-refractivity contribution is 0.103. The van der Waals surface area contributed by atoms with E-state index in [4.69, 9.17) is 0 Å². The first kappa shape index (κ1) is 16.9. The molecule has 0 aliphatic carbocycles. The SMILES string of the molecule is COCCOC.O=C(c1ccccc1)c1ccccc1O. The van der Waals surface area contributed by atoms with Crippen molar-refractivity contribution in [1.29, 1.82) is 0 Å². The number of hydrogen-bond acceptors (Lipinski definition) is 4. The quantitative estimate of drug-likeness (QED) is 0.679. The van der Waals surface area contributed by atoms with E-state index in [-0.39, 0.29) is 11.5 Å². The van der Waals surface area contributed by atoms with E-state index >= 15 is 0 Å². The number of rotatable bonds is 5. The highest BCUT2D eigenvalue weighted by atomic mass is 16.5. The molecule has 0 aliphatic rings. The van der Waals surface area contributed by atoms with Gasteiger partial charge < -0.3 is 14.6 Å². The summed E-state index contributed by atoms with van der Waals surface area (Å²) in [4.78, 5) is 11.9. The highest BCUT2D eigenvalue weighted by Crippen LogP contribution is 2.19. The number of ether oxygens (including phenoxy) is 2. The molecule has 0 bridgehead atoms. The van der Waals surface area contributed by atoms with E-state index in [2.05, 4.69) is 9.47 Å². The van der Waals surface area contributed by atoms with Crippen LogP contribution in [-0.2, 0) is 9.47 Å². The molecule has 112 valence electrons. The zero-order chi connectivity index (χ0) is 15.5. The fourth-order valence-corrected chi connectivity index (χ4v) is 1.58. The summed E-state index contributed by atoms with van der Waals surface area (Å²) in [6.07, 6.45) is 0. The van der Waals surface area contributed by atoms with Crippen molar-refractivity contribution in [3.8, 4) is 5.75 Å². The largest absolute Gasteiger partial charge is 0.507 e. The molecule has 0 saturated carbocycles. The summed E-state index contributed by atoms with van der Waals surface area (Å²) in [5.41, 5.74) is 0.919. The van der Waals surface area contributed by atoms with Gasteiger partial charge in [0.15, 0.2) is 5.78 Å². The number of carbonyl (C=O) groups is 1. The third-order valence-electron chi connectivity index (χ3n) is 2.68. The molecule has 2 aromatic rings. The van der Waals surface area contributed by atoms with E-state index in [0.29, 0.717) is 24.3 Å². The first-order valence-electron chi connectivity index (χ1n) is 6.56. The van der Waals surface area contributed by atoms with Crippen LogP contribution in [0.3, 0.4) is 0 Å². The lowest BCUT2D eigenvalue weighted by atomic mass is 10.0. The lowest BCUT2D eigenvalue weighted by Gasteiger charge is -2.02. The molecule has 0 heterocycles. The molecule has 0 amide bonds. The highest BCUT2D eigenvalue weighted by Gasteiger charge is 2.11.